The lowest BCUT2D eigenvalue weighted by molar-refractivity contribution is 0.102. The largest absolute Gasteiger partial charge is 0.322 e. The maximum atomic E-state index is 12.7. The SMILES string of the molecule is Cc1cc(C)n(Cc2cccc(NC(=O)c3ccc(CN4CCN(C)CC4)cc3)c2)n1. The maximum absolute atomic E-state index is 12.7. The van der Waals surface area contributed by atoms with E-state index in [1.54, 1.807) is 0 Å². The predicted molar refractivity (Wildman–Crippen MR) is 124 cm³/mol. The fourth-order valence-corrected chi connectivity index (χ4v) is 3.98. The Morgan fingerprint density at radius 1 is 0.935 bits per heavy atom. The number of nitrogens with zero attached hydrogens (tertiary/aromatic N) is 4. The fourth-order valence-electron chi connectivity index (χ4n) is 3.98. The highest BCUT2D eigenvalue weighted by atomic mass is 16.1. The van der Waals surface area contributed by atoms with Crippen LogP contribution in [0.15, 0.2) is 54.6 Å². The Hall–Kier alpha value is -2.96. The first-order valence-electron chi connectivity index (χ1n) is 10.9. The van der Waals surface area contributed by atoms with Gasteiger partial charge in [0.2, 0.25) is 0 Å². The molecule has 1 aromatic heterocycles. The predicted octanol–water partition coefficient (Wildman–Crippen LogP) is 3.55. The average molecular weight is 418 g/mol. The molecule has 6 nitrogen and oxygen atoms in total. The molecule has 0 unspecified atom stereocenters. The number of aryl methyl sites for hydroxylation is 2. The molecular weight excluding hydrogens is 386 g/mol. The summed E-state index contributed by atoms with van der Waals surface area (Å²) in [6.07, 6.45) is 0. The molecule has 1 N–H and O–H groups in total. The molecule has 1 fully saturated rings. The Bertz CT molecular complexity index is 1030. The number of anilines is 1. The molecule has 0 saturated carbocycles. The second kappa shape index (κ2) is 9.45. The molecule has 6 heteroatoms. The summed E-state index contributed by atoms with van der Waals surface area (Å²) in [5.74, 6) is -0.0885. The van der Waals surface area contributed by atoms with Crippen molar-refractivity contribution < 1.29 is 4.79 Å². The van der Waals surface area contributed by atoms with E-state index in [1.807, 2.05) is 41.9 Å². The van der Waals surface area contributed by atoms with Gasteiger partial charge in [0.05, 0.1) is 12.2 Å². The van der Waals surface area contributed by atoms with Gasteiger partial charge in [-0.1, -0.05) is 24.3 Å². The summed E-state index contributed by atoms with van der Waals surface area (Å²) >= 11 is 0. The highest BCUT2D eigenvalue weighted by Gasteiger charge is 2.14. The fraction of sp³-hybridized carbons (Fsp3) is 0.360. The molecule has 4 rings (SSSR count). The third-order valence-electron chi connectivity index (χ3n) is 5.84. The van der Waals surface area contributed by atoms with Crippen LogP contribution < -0.4 is 5.32 Å². The number of benzene rings is 2. The first-order valence-corrected chi connectivity index (χ1v) is 10.9. The summed E-state index contributed by atoms with van der Waals surface area (Å²) in [5, 5.41) is 7.55. The number of nitrogens with one attached hydrogen (secondary N) is 1. The van der Waals surface area contributed by atoms with Gasteiger partial charge in [0, 0.05) is 49.7 Å². The van der Waals surface area contributed by atoms with E-state index in [0.717, 1.165) is 55.4 Å². The van der Waals surface area contributed by atoms with E-state index in [9.17, 15) is 4.79 Å². The van der Waals surface area contributed by atoms with E-state index in [1.165, 1.54) is 5.56 Å². The summed E-state index contributed by atoms with van der Waals surface area (Å²) in [5.41, 5.74) is 5.96. The lowest BCUT2D eigenvalue weighted by atomic mass is 10.1. The van der Waals surface area contributed by atoms with Crippen LogP contribution in [0.25, 0.3) is 0 Å². The van der Waals surface area contributed by atoms with Crippen LogP contribution in [-0.2, 0) is 13.1 Å². The molecule has 162 valence electrons. The van der Waals surface area contributed by atoms with Crippen molar-refractivity contribution in [2.75, 3.05) is 38.5 Å². The highest BCUT2D eigenvalue weighted by molar-refractivity contribution is 6.04. The maximum Gasteiger partial charge on any atom is 0.255 e. The lowest BCUT2D eigenvalue weighted by Crippen LogP contribution is -2.43. The minimum absolute atomic E-state index is 0.0885. The topological polar surface area (TPSA) is 53.4 Å². The van der Waals surface area contributed by atoms with Gasteiger partial charge in [0.15, 0.2) is 0 Å². The van der Waals surface area contributed by atoms with Gasteiger partial charge >= 0.3 is 0 Å². The molecule has 2 aromatic carbocycles. The van der Waals surface area contributed by atoms with Crippen molar-refractivity contribution in [1.82, 2.24) is 19.6 Å². The van der Waals surface area contributed by atoms with E-state index in [-0.39, 0.29) is 5.91 Å². The minimum Gasteiger partial charge on any atom is -0.322 e. The molecule has 31 heavy (non-hydrogen) atoms. The minimum atomic E-state index is -0.0885. The van der Waals surface area contributed by atoms with Crippen molar-refractivity contribution in [3.63, 3.8) is 0 Å². The molecule has 1 saturated heterocycles. The van der Waals surface area contributed by atoms with Crippen molar-refractivity contribution in [1.29, 1.82) is 0 Å². The zero-order valence-electron chi connectivity index (χ0n) is 18.6. The van der Waals surface area contributed by atoms with E-state index >= 15 is 0 Å². The molecule has 0 aliphatic carbocycles. The standard InChI is InChI=1S/C25H31N5O/c1-19-15-20(2)30(27-19)18-22-5-4-6-24(16-22)26-25(31)23-9-7-21(8-10-23)17-29-13-11-28(3)12-14-29/h4-10,15-16H,11-14,17-18H2,1-3H3,(H,26,31). The van der Waals surface area contributed by atoms with Crippen molar-refractivity contribution >= 4 is 11.6 Å². The molecule has 0 spiro atoms. The first kappa shape index (κ1) is 21.3. The zero-order valence-corrected chi connectivity index (χ0v) is 18.6. The molecule has 3 aromatic rings. The molecule has 0 bridgehead atoms. The van der Waals surface area contributed by atoms with Crippen LogP contribution in [0, 0.1) is 13.8 Å². The van der Waals surface area contributed by atoms with Crippen LogP contribution in [-0.4, -0.2) is 58.7 Å². The highest BCUT2D eigenvalue weighted by Crippen LogP contribution is 2.16. The Morgan fingerprint density at radius 3 is 2.35 bits per heavy atom. The van der Waals surface area contributed by atoms with Crippen molar-refractivity contribution in [3.05, 3.63) is 82.7 Å². The van der Waals surface area contributed by atoms with Gasteiger partial charge in [-0.05, 0) is 62.4 Å². The van der Waals surface area contributed by atoms with Gasteiger partial charge in [0.25, 0.3) is 5.91 Å². The number of hydrogen-bond donors (Lipinski definition) is 1. The van der Waals surface area contributed by atoms with Gasteiger partial charge < -0.3 is 10.2 Å². The van der Waals surface area contributed by atoms with Gasteiger partial charge in [0.1, 0.15) is 0 Å². The zero-order chi connectivity index (χ0) is 21.8. The van der Waals surface area contributed by atoms with Crippen molar-refractivity contribution in [2.24, 2.45) is 0 Å². The summed E-state index contributed by atoms with van der Waals surface area (Å²) in [6.45, 7) is 10.1. The molecule has 0 atom stereocenters. The normalized spacial score (nSPS) is 15.2. The number of carbonyl (C=O) groups is 1. The Morgan fingerprint density at radius 2 is 1.68 bits per heavy atom. The number of piperazine rings is 1. The van der Waals surface area contributed by atoms with Crippen molar-refractivity contribution in [2.45, 2.75) is 26.9 Å². The number of amides is 1. The van der Waals surface area contributed by atoms with E-state index in [0.29, 0.717) is 12.1 Å². The first-order chi connectivity index (χ1) is 15.0. The summed E-state index contributed by atoms with van der Waals surface area (Å²) in [6, 6.07) is 18.0. The van der Waals surface area contributed by atoms with Crippen LogP contribution in [0.2, 0.25) is 0 Å². The monoisotopic (exact) mass is 417 g/mol. The van der Waals surface area contributed by atoms with E-state index < -0.39 is 0 Å². The second-order valence-corrected chi connectivity index (χ2v) is 8.52. The van der Waals surface area contributed by atoms with Crippen LogP contribution in [0.5, 0.6) is 0 Å². The van der Waals surface area contributed by atoms with Gasteiger partial charge in [-0.2, -0.15) is 5.10 Å². The summed E-state index contributed by atoms with van der Waals surface area (Å²) in [4.78, 5) is 17.6. The molecule has 1 aliphatic heterocycles. The van der Waals surface area contributed by atoms with Gasteiger partial charge in [-0.25, -0.2) is 0 Å². The summed E-state index contributed by atoms with van der Waals surface area (Å²) < 4.78 is 1.98. The number of likely N-dealkylation sites (N-methyl/N-ethyl adjacent to an activating group) is 1. The van der Waals surface area contributed by atoms with Crippen LogP contribution in [0.4, 0.5) is 5.69 Å². The average Bonchev–Trinajstić information content (AvgIpc) is 3.07. The lowest BCUT2D eigenvalue weighted by Gasteiger charge is -2.32. The molecule has 1 amide bonds. The van der Waals surface area contributed by atoms with E-state index in [4.69, 9.17) is 0 Å². The Labute approximate surface area is 184 Å². The molecule has 2 heterocycles. The van der Waals surface area contributed by atoms with Crippen molar-refractivity contribution in [3.8, 4) is 0 Å². The molecule has 0 radical (unpaired) electrons. The molecular formula is C25H31N5O. The second-order valence-electron chi connectivity index (χ2n) is 8.52. The number of hydrogen-bond acceptors (Lipinski definition) is 4. The smallest absolute Gasteiger partial charge is 0.255 e. The Kier molecular flexibility index (Phi) is 6.49. The molecule has 1 aliphatic rings. The van der Waals surface area contributed by atoms with Crippen LogP contribution in [0.3, 0.4) is 0 Å². The third-order valence-corrected chi connectivity index (χ3v) is 5.84. The summed E-state index contributed by atoms with van der Waals surface area (Å²) in [7, 11) is 2.17. The quantitative estimate of drug-likeness (QED) is 0.667. The van der Waals surface area contributed by atoms with Crippen LogP contribution >= 0.6 is 0 Å². The van der Waals surface area contributed by atoms with Gasteiger partial charge in [-0.15, -0.1) is 0 Å². The number of rotatable bonds is 6. The number of aromatic nitrogens is 2. The third kappa shape index (κ3) is 5.60. The van der Waals surface area contributed by atoms with Gasteiger partial charge in [-0.3, -0.25) is 14.4 Å². The van der Waals surface area contributed by atoms with Crippen LogP contribution in [0.1, 0.15) is 32.9 Å². The number of carbonyl (C=O) groups excluding carboxylic acids is 1. The van der Waals surface area contributed by atoms with E-state index in [2.05, 4.69) is 58.5 Å². The Balaban J connectivity index is 1.36.